The molecule has 0 saturated heterocycles. The summed E-state index contributed by atoms with van der Waals surface area (Å²) in [5, 5.41) is 13.3. The number of rotatable bonds is 9. The number of carbonyl (C=O) groups excluding carboxylic acids is 2. The maximum absolute atomic E-state index is 12.0. The van der Waals surface area contributed by atoms with Crippen LogP contribution in [0, 0.1) is 10.1 Å². The van der Waals surface area contributed by atoms with Gasteiger partial charge in [0.25, 0.3) is 11.6 Å². The highest BCUT2D eigenvalue weighted by Crippen LogP contribution is 2.24. The van der Waals surface area contributed by atoms with Crippen LogP contribution < -0.4 is 10.1 Å². The topological polar surface area (TPSA) is 121 Å². The average molecular weight is 410 g/mol. The molecule has 30 heavy (non-hydrogen) atoms. The zero-order valence-electron chi connectivity index (χ0n) is 15.8. The number of esters is 1. The largest absolute Gasteiger partial charge is 0.492 e. The SMILES string of the molecule is O=C(COC(=O)c1ccc(-c2ccc([N+](=O)[O-])cc2)o1)NCCOc1ccccc1. The first kappa shape index (κ1) is 20.6. The molecule has 0 radical (unpaired) electrons. The molecule has 1 amide bonds. The van der Waals surface area contributed by atoms with Crippen molar-refractivity contribution in [3.63, 3.8) is 0 Å². The molecule has 1 aromatic heterocycles. The molecule has 3 aromatic rings. The van der Waals surface area contributed by atoms with E-state index in [1.165, 1.54) is 30.3 Å². The van der Waals surface area contributed by atoms with E-state index in [-0.39, 0.29) is 24.6 Å². The Bertz CT molecular complexity index is 1010. The van der Waals surface area contributed by atoms with Crippen molar-refractivity contribution in [2.45, 2.75) is 0 Å². The summed E-state index contributed by atoms with van der Waals surface area (Å²) >= 11 is 0. The number of amides is 1. The number of non-ortho nitro benzene ring substituents is 1. The van der Waals surface area contributed by atoms with E-state index in [4.69, 9.17) is 13.9 Å². The Morgan fingerprint density at radius 2 is 1.73 bits per heavy atom. The van der Waals surface area contributed by atoms with Gasteiger partial charge in [-0.2, -0.15) is 0 Å². The van der Waals surface area contributed by atoms with Gasteiger partial charge >= 0.3 is 5.97 Å². The number of hydrogen-bond acceptors (Lipinski definition) is 7. The minimum absolute atomic E-state index is 0.0508. The van der Waals surface area contributed by atoms with Gasteiger partial charge in [0.05, 0.1) is 11.5 Å². The monoisotopic (exact) mass is 410 g/mol. The predicted octanol–water partition coefficient (Wildman–Crippen LogP) is 3.21. The van der Waals surface area contributed by atoms with Crippen molar-refractivity contribution in [1.82, 2.24) is 5.32 Å². The standard InChI is InChI=1S/C21H18N2O7/c24-20(22-12-13-28-17-4-2-1-3-5-17)14-29-21(25)19-11-10-18(30-19)15-6-8-16(9-7-15)23(26)27/h1-11H,12-14H2,(H,22,24). The highest BCUT2D eigenvalue weighted by molar-refractivity contribution is 5.89. The molecule has 1 heterocycles. The molecule has 2 aromatic carbocycles. The average Bonchev–Trinajstić information content (AvgIpc) is 3.26. The van der Waals surface area contributed by atoms with Gasteiger partial charge in [-0.25, -0.2) is 4.79 Å². The molecule has 0 spiro atoms. The molecule has 0 bridgehead atoms. The summed E-state index contributed by atoms with van der Waals surface area (Å²) in [5.74, 6) is -0.302. The Labute approximate surface area is 171 Å². The van der Waals surface area contributed by atoms with E-state index in [1.807, 2.05) is 18.2 Å². The van der Waals surface area contributed by atoms with E-state index in [9.17, 15) is 19.7 Å². The van der Waals surface area contributed by atoms with Gasteiger partial charge in [-0.15, -0.1) is 0 Å². The Kier molecular flexibility index (Phi) is 6.78. The van der Waals surface area contributed by atoms with Gasteiger partial charge in [-0.3, -0.25) is 14.9 Å². The molecular weight excluding hydrogens is 392 g/mol. The van der Waals surface area contributed by atoms with Crippen molar-refractivity contribution >= 4 is 17.6 Å². The van der Waals surface area contributed by atoms with E-state index >= 15 is 0 Å². The second-order valence-corrected chi connectivity index (χ2v) is 6.06. The molecule has 1 N–H and O–H groups in total. The van der Waals surface area contributed by atoms with E-state index in [1.54, 1.807) is 18.2 Å². The molecule has 0 fully saturated rings. The van der Waals surface area contributed by atoms with E-state index in [0.29, 0.717) is 17.1 Å². The maximum Gasteiger partial charge on any atom is 0.374 e. The second kappa shape index (κ2) is 9.87. The van der Waals surface area contributed by atoms with Crippen molar-refractivity contribution < 1.29 is 28.4 Å². The maximum atomic E-state index is 12.0. The van der Waals surface area contributed by atoms with Gasteiger partial charge in [0.1, 0.15) is 18.1 Å². The van der Waals surface area contributed by atoms with Crippen molar-refractivity contribution in [3.05, 3.63) is 82.6 Å². The van der Waals surface area contributed by atoms with Gasteiger partial charge in [-0.1, -0.05) is 18.2 Å². The Hall–Kier alpha value is -4.14. The summed E-state index contributed by atoms with van der Waals surface area (Å²) < 4.78 is 15.8. The van der Waals surface area contributed by atoms with Gasteiger partial charge in [0, 0.05) is 17.7 Å². The van der Waals surface area contributed by atoms with Gasteiger partial charge in [0.2, 0.25) is 5.76 Å². The third-order valence-corrected chi connectivity index (χ3v) is 3.94. The summed E-state index contributed by atoms with van der Waals surface area (Å²) in [7, 11) is 0. The fourth-order valence-corrected chi connectivity index (χ4v) is 2.48. The van der Waals surface area contributed by atoms with Crippen LogP contribution in [0.25, 0.3) is 11.3 Å². The number of ether oxygens (including phenoxy) is 2. The second-order valence-electron chi connectivity index (χ2n) is 6.06. The number of carbonyl (C=O) groups is 2. The highest BCUT2D eigenvalue weighted by atomic mass is 16.6. The lowest BCUT2D eigenvalue weighted by atomic mass is 10.1. The first-order valence-electron chi connectivity index (χ1n) is 8.99. The molecule has 0 atom stereocenters. The zero-order chi connectivity index (χ0) is 21.3. The first-order chi connectivity index (χ1) is 14.5. The molecular formula is C21H18N2O7. The zero-order valence-corrected chi connectivity index (χ0v) is 15.8. The number of nitrogens with one attached hydrogen (secondary N) is 1. The Morgan fingerprint density at radius 3 is 2.43 bits per heavy atom. The number of nitrogens with zero attached hydrogens (tertiary/aromatic N) is 1. The molecule has 3 rings (SSSR count). The molecule has 0 saturated carbocycles. The van der Waals surface area contributed by atoms with Gasteiger partial charge in [-0.05, 0) is 36.4 Å². The molecule has 9 nitrogen and oxygen atoms in total. The van der Waals surface area contributed by atoms with Crippen LogP contribution in [0.1, 0.15) is 10.6 Å². The minimum atomic E-state index is -0.793. The number of nitro groups is 1. The summed E-state index contributed by atoms with van der Waals surface area (Å²) in [6.45, 7) is 0.0779. The first-order valence-corrected chi connectivity index (χ1v) is 8.99. The molecule has 154 valence electrons. The number of hydrogen-bond donors (Lipinski definition) is 1. The van der Waals surface area contributed by atoms with Gasteiger partial charge < -0.3 is 19.2 Å². The summed E-state index contributed by atoms with van der Waals surface area (Å²) in [4.78, 5) is 34.0. The predicted molar refractivity (Wildman–Crippen MR) is 106 cm³/mol. The van der Waals surface area contributed by atoms with Crippen molar-refractivity contribution in [1.29, 1.82) is 0 Å². The third-order valence-electron chi connectivity index (χ3n) is 3.94. The molecule has 0 aliphatic rings. The normalized spacial score (nSPS) is 10.3. The van der Waals surface area contributed by atoms with Crippen LogP contribution in [0.15, 0.2) is 71.1 Å². The quantitative estimate of drug-likeness (QED) is 0.249. The van der Waals surface area contributed by atoms with Crippen LogP contribution in [0.2, 0.25) is 0 Å². The van der Waals surface area contributed by atoms with Crippen molar-refractivity contribution in [3.8, 4) is 17.1 Å². The fourth-order valence-electron chi connectivity index (χ4n) is 2.48. The fraction of sp³-hybridized carbons (Fsp3) is 0.143. The smallest absolute Gasteiger partial charge is 0.374 e. The van der Waals surface area contributed by atoms with Crippen molar-refractivity contribution in [2.75, 3.05) is 19.8 Å². The highest BCUT2D eigenvalue weighted by Gasteiger charge is 2.16. The number of benzene rings is 2. The third kappa shape index (κ3) is 5.68. The van der Waals surface area contributed by atoms with E-state index in [0.717, 1.165) is 0 Å². The van der Waals surface area contributed by atoms with Crippen LogP contribution in [0.5, 0.6) is 5.75 Å². The summed E-state index contributed by atoms with van der Waals surface area (Å²) in [6, 6.07) is 17.8. The van der Waals surface area contributed by atoms with E-state index in [2.05, 4.69) is 5.32 Å². The number of nitro benzene ring substituents is 1. The molecule has 0 unspecified atom stereocenters. The molecule has 0 aliphatic heterocycles. The van der Waals surface area contributed by atoms with Crippen LogP contribution in [-0.2, 0) is 9.53 Å². The lowest BCUT2D eigenvalue weighted by Crippen LogP contribution is -2.32. The lowest BCUT2D eigenvalue weighted by molar-refractivity contribution is -0.384. The van der Waals surface area contributed by atoms with Gasteiger partial charge in [0.15, 0.2) is 6.61 Å². The van der Waals surface area contributed by atoms with E-state index < -0.39 is 23.4 Å². The minimum Gasteiger partial charge on any atom is -0.492 e. The van der Waals surface area contributed by atoms with Crippen LogP contribution >= 0.6 is 0 Å². The van der Waals surface area contributed by atoms with Crippen molar-refractivity contribution in [2.24, 2.45) is 0 Å². The molecule has 9 heteroatoms. The number of furan rings is 1. The Balaban J connectivity index is 1.42. The molecule has 0 aliphatic carbocycles. The summed E-state index contributed by atoms with van der Waals surface area (Å²) in [5.41, 5.74) is 0.515. The van der Waals surface area contributed by atoms with Crippen LogP contribution in [0.4, 0.5) is 5.69 Å². The Morgan fingerprint density at radius 1 is 1.00 bits per heavy atom. The lowest BCUT2D eigenvalue weighted by Gasteiger charge is -2.07. The number of para-hydroxylation sites is 1. The van der Waals surface area contributed by atoms with Crippen LogP contribution in [-0.4, -0.2) is 36.6 Å². The summed E-state index contributed by atoms with van der Waals surface area (Å²) in [6.07, 6.45) is 0. The van der Waals surface area contributed by atoms with Crippen LogP contribution in [0.3, 0.4) is 0 Å².